The number of carboxylic acids is 1. The van der Waals surface area contributed by atoms with Gasteiger partial charge in [-0.25, -0.2) is 14.9 Å². The molecule has 0 radical (unpaired) electrons. The van der Waals surface area contributed by atoms with Gasteiger partial charge in [0.25, 0.3) is 5.96 Å². The molecule has 0 aliphatic heterocycles. The number of aliphatic carboxylic acids is 1. The molecule has 7 N–H and O–H groups in total. The Morgan fingerprint density at radius 2 is 2.12 bits per heavy atom. The summed E-state index contributed by atoms with van der Waals surface area (Å²) in [5, 5.41) is 34.3. The van der Waals surface area contributed by atoms with Gasteiger partial charge in [-0.3, -0.25) is 5.41 Å². The molecule has 10 nitrogen and oxygen atoms in total. The van der Waals surface area contributed by atoms with E-state index in [-0.39, 0.29) is 19.4 Å². The van der Waals surface area contributed by atoms with E-state index in [1.54, 1.807) is 0 Å². The molecule has 0 aromatic rings. The number of nitrogens with two attached hydrogens (primary N) is 2. The molecule has 0 saturated carbocycles. The Morgan fingerprint density at radius 1 is 1.59 bits per heavy atom. The van der Waals surface area contributed by atoms with E-state index in [1.165, 1.54) is 0 Å². The first-order valence-electron chi connectivity index (χ1n) is 4.69. The van der Waals surface area contributed by atoms with E-state index in [0.717, 1.165) is 0 Å². The monoisotopic (exact) mass is 249 g/mol. The highest BCUT2D eigenvalue weighted by Gasteiger charge is 2.23. The van der Waals surface area contributed by atoms with Crippen LogP contribution in [0.3, 0.4) is 0 Å². The van der Waals surface area contributed by atoms with E-state index in [0.29, 0.717) is 5.01 Å². The Balaban J connectivity index is 4.09. The lowest BCUT2D eigenvalue weighted by atomic mass is 10.1. The van der Waals surface area contributed by atoms with E-state index >= 15 is 0 Å². The van der Waals surface area contributed by atoms with E-state index < -0.39 is 29.1 Å². The van der Waals surface area contributed by atoms with Gasteiger partial charge in [0.1, 0.15) is 0 Å². The third-order valence-electron chi connectivity index (χ3n) is 2.04. The highest BCUT2D eigenvalue weighted by Crippen LogP contribution is 2.02. The summed E-state index contributed by atoms with van der Waals surface area (Å²) in [6, 6.07) is -1.02. The number of hydrogen-bond acceptors (Lipinski definition) is 6. The van der Waals surface area contributed by atoms with Crippen LogP contribution in [-0.4, -0.2) is 50.9 Å². The number of rotatable bonds is 7. The van der Waals surface area contributed by atoms with Gasteiger partial charge in [-0.1, -0.05) is 5.01 Å². The average Bonchev–Trinajstić information content (AvgIpc) is 2.21. The summed E-state index contributed by atoms with van der Waals surface area (Å²) in [6.07, 6.45) is -1.52. The number of hydrogen-bond donors (Lipinski definition) is 5. The fourth-order valence-corrected chi connectivity index (χ4v) is 1.11. The van der Waals surface area contributed by atoms with Crippen LogP contribution in [-0.2, 0) is 4.79 Å². The minimum atomic E-state index is -1.71. The summed E-state index contributed by atoms with van der Waals surface area (Å²) in [5.74, 6) is -2.17. The predicted molar refractivity (Wildman–Crippen MR) is 56.5 cm³/mol. The third-order valence-corrected chi connectivity index (χ3v) is 2.04. The van der Waals surface area contributed by atoms with Crippen molar-refractivity contribution >= 4 is 11.9 Å². The largest absolute Gasteiger partial charge is 0.479 e. The fourth-order valence-electron chi connectivity index (χ4n) is 1.11. The second-order valence-corrected chi connectivity index (χ2v) is 3.34. The van der Waals surface area contributed by atoms with Crippen LogP contribution in [0.5, 0.6) is 0 Å². The number of guanidine groups is 1. The standard InChI is InChI=1S/C7H15N5O5/c8-4(5(13)6(14)15)2-1-3-11(7(9)10)12(16)17/h4-5,13H,1-3,8H2,(H3,9,10)(H,14,15). The molecule has 0 fully saturated rings. The zero-order valence-corrected chi connectivity index (χ0v) is 8.94. The lowest BCUT2D eigenvalue weighted by Crippen LogP contribution is -2.43. The minimum absolute atomic E-state index is 0.0606. The first kappa shape index (κ1) is 15.1. The molecular weight excluding hydrogens is 234 g/mol. The molecule has 2 atom stereocenters. The Morgan fingerprint density at radius 3 is 2.47 bits per heavy atom. The zero-order chi connectivity index (χ0) is 13.6. The van der Waals surface area contributed by atoms with Gasteiger partial charge >= 0.3 is 5.97 Å². The van der Waals surface area contributed by atoms with Gasteiger partial charge < -0.3 is 21.7 Å². The van der Waals surface area contributed by atoms with E-state index in [4.69, 9.17) is 27.1 Å². The number of nitrogens with zero attached hydrogens (tertiary/aromatic N) is 2. The number of hydrazine groups is 1. The van der Waals surface area contributed by atoms with Gasteiger partial charge in [-0.05, 0) is 12.8 Å². The van der Waals surface area contributed by atoms with Crippen molar-refractivity contribution in [2.45, 2.75) is 25.0 Å². The van der Waals surface area contributed by atoms with Gasteiger partial charge in [0.15, 0.2) is 11.1 Å². The lowest BCUT2D eigenvalue weighted by molar-refractivity contribution is -0.629. The third kappa shape index (κ3) is 5.08. The Hall–Kier alpha value is -1.94. The Kier molecular flexibility index (Phi) is 5.85. The Bertz CT molecular complexity index is 295. The lowest BCUT2D eigenvalue weighted by Gasteiger charge is -2.16. The molecule has 0 bridgehead atoms. The fraction of sp³-hybridized carbons (Fsp3) is 0.714. The van der Waals surface area contributed by atoms with E-state index in [9.17, 15) is 14.9 Å². The molecule has 98 valence electrons. The number of carboxylic acid groups (broad SMARTS) is 1. The second-order valence-electron chi connectivity index (χ2n) is 3.34. The predicted octanol–water partition coefficient (Wildman–Crippen LogP) is -2.07. The topological polar surface area (TPSA) is 180 Å². The van der Waals surface area contributed by atoms with Crippen LogP contribution < -0.4 is 11.5 Å². The summed E-state index contributed by atoms with van der Waals surface area (Å²) in [6.45, 7) is -0.178. The van der Waals surface area contributed by atoms with Crippen molar-refractivity contribution in [2.24, 2.45) is 11.5 Å². The molecule has 0 rings (SSSR count). The van der Waals surface area contributed by atoms with Crippen molar-refractivity contribution in [1.29, 1.82) is 5.41 Å². The molecule has 0 amide bonds. The number of aliphatic hydroxyl groups is 1. The van der Waals surface area contributed by atoms with Crippen molar-refractivity contribution in [3.05, 3.63) is 10.1 Å². The number of aliphatic hydroxyl groups excluding tert-OH is 1. The van der Waals surface area contributed by atoms with Crippen LogP contribution in [0.2, 0.25) is 0 Å². The molecular formula is C7H15N5O5. The second kappa shape index (κ2) is 6.60. The normalized spacial score (nSPS) is 13.8. The van der Waals surface area contributed by atoms with Gasteiger partial charge in [-0.15, -0.1) is 0 Å². The van der Waals surface area contributed by atoms with Gasteiger partial charge in [-0.2, -0.15) is 0 Å². The van der Waals surface area contributed by atoms with Gasteiger partial charge in [0, 0.05) is 6.04 Å². The molecule has 0 heterocycles. The van der Waals surface area contributed by atoms with Crippen LogP contribution in [0, 0.1) is 15.5 Å². The highest BCUT2D eigenvalue weighted by molar-refractivity contribution is 5.73. The average molecular weight is 249 g/mol. The van der Waals surface area contributed by atoms with Gasteiger partial charge in [0.05, 0.1) is 6.54 Å². The van der Waals surface area contributed by atoms with Crippen LogP contribution in [0.25, 0.3) is 0 Å². The number of nitro groups is 1. The molecule has 17 heavy (non-hydrogen) atoms. The van der Waals surface area contributed by atoms with Gasteiger partial charge in [0.2, 0.25) is 0 Å². The molecule has 2 unspecified atom stereocenters. The summed E-state index contributed by atoms with van der Waals surface area (Å²) < 4.78 is 0. The highest BCUT2D eigenvalue weighted by atomic mass is 16.7. The SMILES string of the molecule is N=C(N)N(CCCC(N)C(O)C(=O)O)[N+](=O)[O-]. The zero-order valence-electron chi connectivity index (χ0n) is 8.94. The Labute approximate surface area is 96.4 Å². The van der Waals surface area contributed by atoms with Crippen molar-refractivity contribution in [1.82, 2.24) is 5.01 Å². The first-order chi connectivity index (χ1) is 7.77. The molecule has 0 aromatic heterocycles. The van der Waals surface area contributed by atoms with E-state index in [1.807, 2.05) is 0 Å². The molecule has 0 spiro atoms. The summed E-state index contributed by atoms with van der Waals surface area (Å²) in [4.78, 5) is 20.7. The molecule has 0 aliphatic carbocycles. The molecule has 0 saturated heterocycles. The molecule has 0 aromatic carbocycles. The molecule has 0 aliphatic rings. The number of carbonyl (C=O) groups is 1. The van der Waals surface area contributed by atoms with Crippen molar-refractivity contribution < 1.29 is 20.0 Å². The van der Waals surface area contributed by atoms with Crippen LogP contribution >= 0.6 is 0 Å². The van der Waals surface area contributed by atoms with Crippen LogP contribution in [0.4, 0.5) is 0 Å². The minimum Gasteiger partial charge on any atom is -0.479 e. The maximum Gasteiger partial charge on any atom is 0.334 e. The van der Waals surface area contributed by atoms with Crippen LogP contribution in [0.15, 0.2) is 0 Å². The van der Waals surface area contributed by atoms with Crippen molar-refractivity contribution in [3.63, 3.8) is 0 Å². The smallest absolute Gasteiger partial charge is 0.334 e. The quantitative estimate of drug-likeness (QED) is 0.147. The van der Waals surface area contributed by atoms with Crippen molar-refractivity contribution in [2.75, 3.05) is 6.54 Å². The van der Waals surface area contributed by atoms with Crippen LogP contribution in [0.1, 0.15) is 12.8 Å². The maximum atomic E-state index is 10.4. The van der Waals surface area contributed by atoms with E-state index in [2.05, 4.69) is 0 Å². The summed E-state index contributed by atoms with van der Waals surface area (Å²) >= 11 is 0. The summed E-state index contributed by atoms with van der Waals surface area (Å²) in [7, 11) is 0. The summed E-state index contributed by atoms with van der Waals surface area (Å²) in [5.41, 5.74) is 10.3. The molecule has 10 heteroatoms. The maximum absolute atomic E-state index is 10.4. The number of nitrogens with one attached hydrogen (secondary N) is 1. The van der Waals surface area contributed by atoms with Crippen molar-refractivity contribution in [3.8, 4) is 0 Å². The first-order valence-corrected chi connectivity index (χ1v) is 4.69.